The Hall–Kier alpha value is -2.87. The number of anilines is 2. The van der Waals surface area contributed by atoms with Gasteiger partial charge in [0.15, 0.2) is 5.82 Å². The van der Waals surface area contributed by atoms with E-state index in [1.165, 1.54) is 17.9 Å². The molecule has 0 saturated heterocycles. The molecule has 0 unspecified atom stereocenters. The average molecular weight is 442 g/mol. The third kappa shape index (κ3) is 3.27. The van der Waals surface area contributed by atoms with Crippen LogP contribution in [0.3, 0.4) is 0 Å². The number of aryl methyl sites for hydroxylation is 1. The molecule has 0 bridgehead atoms. The second-order valence-electron chi connectivity index (χ2n) is 6.35. The number of nitrogens with zero attached hydrogens (tertiary/aromatic N) is 4. The van der Waals surface area contributed by atoms with Crippen molar-refractivity contribution in [3.63, 3.8) is 0 Å². The molecule has 1 N–H and O–H groups in total. The number of halogens is 2. The second-order valence-corrected chi connectivity index (χ2v) is 7.98. The molecular weight excluding hydrogens is 429 g/mol. The molecule has 3 aromatic heterocycles. The fourth-order valence-corrected chi connectivity index (χ4v) is 4.18. The number of ether oxygens (including phenoxy) is 1. The lowest BCUT2D eigenvalue weighted by atomic mass is 10.2. The Labute approximate surface area is 179 Å². The summed E-state index contributed by atoms with van der Waals surface area (Å²) in [5, 5.41) is 5.30. The highest BCUT2D eigenvalue weighted by atomic mass is 35.5. The lowest BCUT2D eigenvalue weighted by molar-refractivity contribution is 0.489. The molecule has 9 heteroatoms. The standard InChI is InChI=1S/C20H13Cl2N5OS/c1-27-18(22)8-14-19(27)20(24-10-23-14)26-11-5-6-16(13(21)7-11)28-15-3-2-4-17-12(15)9-25-29-17/h2-10H,1H3,(H,23,24,26). The SMILES string of the molecule is Cn1c(Cl)cc2ncnc(Nc3ccc(Oc4cccc5sncc45)c(Cl)c3)c21. The van der Waals surface area contributed by atoms with Crippen LogP contribution in [0.25, 0.3) is 21.1 Å². The Bertz CT molecular complexity index is 1360. The number of benzene rings is 2. The number of nitrogens with one attached hydrogen (secondary N) is 1. The molecule has 0 aliphatic rings. The van der Waals surface area contributed by atoms with Crippen molar-refractivity contribution in [2.24, 2.45) is 7.05 Å². The molecule has 3 heterocycles. The minimum Gasteiger partial charge on any atom is -0.455 e. The molecule has 6 nitrogen and oxygen atoms in total. The van der Waals surface area contributed by atoms with Gasteiger partial charge in [-0.05, 0) is 41.9 Å². The minimum absolute atomic E-state index is 0.477. The van der Waals surface area contributed by atoms with E-state index >= 15 is 0 Å². The van der Waals surface area contributed by atoms with Crippen LogP contribution < -0.4 is 10.1 Å². The largest absolute Gasteiger partial charge is 0.455 e. The zero-order chi connectivity index (χ0) is 20.0. The molecule has 5 rings (SSSR count). The number of rotatable bonds is 4. The third-order valence-electron chi connectivity index (χ3n) is 4.54. The maximum atomic E-state index is 6.49. The van der Waals surface area contributed by atoms with Crippen molar-refractivity contribution in [3.05, 3.63) is 65.2 Å². The predicted molar refractivity (Wildman–Crippen MR) is 118 cm³/mol. The van der Waals surface area contributed by atoms with E-state index < -0.39 is 0 Å². The Balaban J connectivity index is 1.45. The molecule has 144 valence electrons. The number of hydrogen-bond donors (Lipinski definition) is 1. The summed E-state index contributed by atoms with van der Waals surface area (Å²) in [6.45, 7) is 0. The Morgan fingerprint density at radius 3 is 2.83 bits per heavy atom. The van der Waals surface area contributed by atoms with E-state index in [1.807, 2.05) is 41.9 Å². The molecule has 5 aromatic rings. The van der Waals surface area contributed by atoms with Crippen LogP contribution in [0.5, 0.6) is 11.5 Å². The summed E-state index contributed by atoms with van der Waals surface area (Å²) in [4.78, 5) is 8.60. The third-order valence-corrected chi connectivity index (χ3v) is 5.96. The van der Waals surface area contributed by atoms with Gasteiger partial charge >= 0.3 is 0 Å². The van der Waals surface area contributed by atoms with Crippen molar-refractivity contribution in [1.82, 2.24) is 18.9 Å². The Kier molecular flexibility index (Phi) is 4.50. The summed E-state index contributed by atoms with van der Waals surface area (Å²) in [5.41, 5.74) is 2.35. The summed E-state index contributed by atoms with van der Waals surface area (Å²) in [6, 6.07) is 13.1. The van der Waals surface area contributed by atoms with E-state index in [9.17, 15) is 0 Å². The van der Waals surface area contributed by atoms with E-state index in [0.29, 0.717) is 21.7 Å². The number of hydrogen-bond acceptors (Lipinski definition) is 6. The zero-order valence-electron chi connectivity index (χ0n) is 15.1. The number of aromatic nitrogens is 4. The van der Waals surface area contributed by atoms with Gasteiger partial charge in [0.1, 0.15) is 28.5 Å². The fraction of sp³-hybridized carbons (Fsp3) is 0.0500. The first-order chi connectivity index (χ1) is 14.1. The van der Waals surface area contributed by atoms with Crippen molar-refractivity contribution in [1.29, 1.82) is 0 Å². The highest BCUT2D eigenvalue weighted by molar-refractivity contribution is 7.13. The minimum atomic E-state index is 0.477. The molecule has 0 atom stereocenters. The van der Waals surface area contributed by atoms with E-state index in [1.54, 1.807) is 18.3 Å². The fourth-order valence-electron chi connectivity index (χ4n) is 3.11. The maximum absolute atomic E-state index is 6.49. The van der Waals surface area contributed by atoms with Gasteiger partial charge in [-0.25, -0.2) is 9.97 Å². The summed E-state index contributed by atoms with van der Waals surface area (Å²) in [7, 11) is 1.86. The van der Waals surface area contributed by atoms with Crippen LogP contribution in [0.15, 0.2) is 55.0 Å². The van der Waals surface area contributed by atoms with Crippen LogP contribution in [-0.4, -0.2) is 18.9 Å². The normalized spacial score (nSPS) is 11.3. The summed E-state index contributed by atoms with van der Waals surface area (Å²) in [5.74, 6) is 1.92. The number of fused-ring (bicyclic) bond motifs is 2. The van der Waals surface area contributed by atoms with Crippen LogP contribution in [0.1, 0.15) is 0 Å². The first kappa shape index (κ1) is 18.2. The van der Waals surface area contributed by atoms with E-state index in [-0.39, 0.29) is 0 Å². The molecule has 0 aliphatic carbocycles. The van der Waals surface area contributed by atoms with E-state index in [4.69, 9.17) is 27.9 Å². The van der Waals surface area contributed by atoms with Gasteiger partial charge in [0, 0.05) is 18.8 Å². The lowest BCUT2D eigenvalue weighted by Crippen LogP contribution is -1.99. The second kappa shape index (κ2) is 7.18. The maximum Gasteiger partial charge on any atom is 0.158 e. The van der Waals surface area contributed by atoms with Gasteiger partial charge in [0.2, 0.25) is 0 Å². The predicted octanol–water partition coefficient (Wildman–Crippen LogP) is 6.42. The van der Waals surface area contributed by atoms with E-state index in [0.717, 1.165) is 32.6 Å². The molecule has 0 amide bonds. The van der Waals surface area contributed by atoms with Crippen LogP contribution in [-0.2, 0) is 7.05 Å². The Morgan fingerprint density at radius 1 is 1.07 bits per heavy atom. The molecule has 0 aliphatic heterocycles. The van der Waals surface area contributed by atoms with Crippen molar-refractivity contribution >= 4 is 67.4 Å². The van der Waals surface area contributed by atoms with Gasteiger partial charge in [-0.2, -0.15) is 4.37 Å². The van der Waals surface area contributed by atoms with Gasteiger partial charge in [-0.15, -0.1) is 0 Å². The molecule has 0 saturated carbocycles. The smallest absolute Gasteiger partial charge is 0.158 e. The first-order valence-corrected chi connectivity index (χ1v) is 10.2. The molecule has 0 spiro atoms. The first-order valence-electron chi connectivity index (χ1n) is 8.64. The van der Waals surface area contributed by atoms with Crippen LogP contribution in [0.2, 0.25) is 10.2 Å². The van der Waals surface area contributed by atoms with Crippen molar-refractivity contribution in [2.75, 3.05) is 5.32 Å². The zero-order valence-corrected chi connectivity index (χ0v) is 17.4. The molecule has 2 aromatic carbocycles. The van der Waals surface area contributed by atoms with Crippen LogP contribution in [0, 0.1) is 0 Å². The van der Waals surface area contributed by atoms with Crippen molar-refractivity contribution in [3.8, 4) is 11.5 Å². The summed E-state index contributed by atoms with van der Waals surface area (Å²) < 4.78 is 13.1. The quantitative estimate of drug-likeness (QED) is 0.348. The molecule has 0 fully saturated rings. The summed E-state index contributed by atoms with van der Waals surface area (Å²) >= 11 is 14.1. The lowest BCUT2D eigenvalue weighted by Gasteiger charge is -2.12. The van der Waals surface area contributed by atoms with Crippen molar-refractivity contribution < 1.29 is 4.74 Å². The molecule has 0 radical (unpaired) electrons. The van der Waals surface area contributed by atoms with Gasteiger partial charge in [0.05, 0.1) is 26.8 Å². The molecule has 29 heavy (non-hydrogen) atoms. The summed E-state index contributed by atoms with van der Waals surface area (Å²) in [6.07, 6.45) is 3.29. The van der Waals surface area contributed by atoms with Gasteiger partial charge in [-0.1, -0.05) is 29.3 Å². The van der Waals surface area contributed by atoms with Crippen LogP contribution in [0.4, 0.5) is 11.5 Å². The van der Waals surface area contributed by atoms with Crippen molar-refractivity contribution in [2.45, 2.75) is 0 Å². The van der Waals surface area contributed by atoms with E-state index in [2.05, 4.69) is 19.7 Å². The Morgan fingerprint density at radius 2 is 1.97 bits per heavy atom. The van der Waals surface area contributed by atoms with Gasteiger partial charge in [-0.3, -0.25) is 0 Å². The highest BCUT2D eigenvalue weighted by Crippen LogP contribution is 2.37. The molecular formula is C20H13Cl2N5OS. The average Bonchev–Trinajstić information content (AvgIpc) is 3.30. The monoisotopic (exact) mass is 441 g/mol. The van der Waals surface area contributed by atoms with Crippen LogP contribution >= 0.6 is 34.7 Å². The topological polar surface area (TPSA) is 64.9 Å². The van der Waals surface area contributed by atoms with Gasteiger partial charge < -0.3 is 14.6 Å². The van der Waals surface area contributed by atoms with Gasteiger partial charge in [0.25, 0.3) is 0 Å². The highest BCUT2D eigenvalue weighted by Gasteiger charge is 2.13.